The lowest BCUT2D eigenvalue weighted by Gasteiger charge is -2.34. The molecule has 0 N–H and O–H groups in total. The maximum Gasteiger partial charge on any atom is 0.231 e. The molecule has 1 unspecified atom stereocenters. The Morgan fingerprint density at radius 2 is 0.735 bits per heavy atom. The zero-order valence-corrected chi connectivity index (χ0v) is 46.9. The molecule has 0 saturated carbocycles. The average molecular weight is 961 g/mol. The summed E-state index contributed by atoms with van der Waals surface area (Å²) < 4.78 is 44.9. The Morgan fingerprint density at radius 1 is 0.412 bits per heavy atom. The van der Waals surface area contributed by atoms with Crippen molar-refractivity contribution in [1.82, 2.24) is 0 Å². The van der Waals surface area contributed by atoms with Gasteiger partial charge in [-0.3, -0.25) is 0 Å². The third-order valence-electron chi connectivity index (χ3n) is 13.0. The Kier molecular flexibility index (Phi) is 13.7. The molecule has 0 saturated heterocycles. The van der Waals surface area contributed by atoms with Crippen molar-refractivity contribution in [2.75, 3.05) is 34.9 Å². The fourth-order valence-electron chi connectivity index (χ4n) is 9.49. The monoisotopic (exact) mass is 961 g/mol. The van der Waals surface area contributed by atoms with Crippen LogP contribution in [0.15, 0.2) is 60.7 Å². The third kappa shape index (κ3) is 9.83. The molecule has 2 aliphatic heterocycles. The van der Waals surface area contributed by atoms with Crippen molar-refractivity contribution in [3.8, 4) is 51.4 Å². The van der Waals surface area contributed by atoms with Gasteiger partial charge in [-0.1, -0.05) is 133 Å². The van der Waals surface area contributed by atoms with Crippen LogP contribution in [0.5, 0.6) is 40.2 Å². The van der Waals surface area contributed by atoms with E-state index in [0.717, 1.165) is 44.7 Å². The molecule has 366 valence electrons. The van der Waals surface area contributed by atoms with Gasteiger partial charge < -0.3 is 33.2 Å². The van der Waals surface area contributed by atoms with E-state index in [1.165, 1.54) is 49.3 Å². The third-order valence-corrected chi connectivity index (χ3v) is 16.7. The Morgan fingerprint density at radius 3 is 1.07 bits per heavy atom. The molecule has 68 heavy (non-hydrogen) atoms. The first-order valence-corrected chi connectivity index (χ1v) is 26.4. The van der Waals surface area contributed by atoms with E-state index in [-0.39, 0.29) is 54.7 Å². The summed E-state index contributed by atoms with van der Waals surface area (Å²) in [5.74, 6) is 5.69. The first kappa shape index (κ1) is 51.4. The van der Waals surface area contributed by atoms with Crippen molar-refractivity contribution < 1.29 is 33.2 Å². The molecule has 0 radical (unpaired) electrons. The van der Waals surface area contributed by atoms with E-state index >= 15 is 0 Å². The summed E-state index contributed by atoms with van der Waals surface area (Å²) in [6, 6.07) is 23.1. The SMILES string of the molecule is COc1c(C(C)(C)C)cc(Pc2ccc3c(c2-c2c(P(c4cc(C(C)(C)C)c(OC)c(C(C)(C)C)c4)c4cc(C(C)(C)C)c(OC)c(C(C)(C)C)c4)ccc4c2OCO4)OCO3)cc1C(C)(C)C. The molecule has 2 heterocycles. The van der Waals surface area contributed by atoms with Crippen LogP contribution in [0.4, 0.5) is 0 Å². The summed E-state index contributed by atoms with van der Waals surface area (Å²) in [5, 5.41) is 5.91. The van der Waals surface area contributed by atoms with Crippen LogP contribution in [0.3, 0.4) is 0 Å². The molecule has 5 aromatic carbocycles. The number of fused-ring (bicyclic) bond motifs is 2. The van der Waals surface area contributed by atoms with Crippen LogP contribution in [0.2, 0.25) is 0 Å². The van der Waals surface area contributed by atoms with Crippen LogP contribution in [0.1, 0.15) is 158 Å². The highest BCUT2D eigenvalue weighted by molar-refractivity contribution is 7.80. The Hall–Kier alpha value is -4.44. The molecule has 0 spiro atoms. The van der Waals surface area contributed by atoms with Gasteiger partial charge in [0.1, 0.15) is 17.2 Å². The van der Waals surface area contributed by atoms with Crippen molar-refractivity contribution in [3.63, 3.8) is 0 Å². The second-order valence-corrected chi connectivity index (χ2v) is 28.2. The quantitative estimate of drug-likeness (QED) is 0.136. The fraction of sp³-hybridized carbons (Fsp3) is 0.492. The number of hydrogen-bond acceptors (Lipinski definition) is 7. The maximum absolute atomic E-state index is 6.69. The van der Waals surface area contributed by atoms with Gasteiger partial charge in [0.15, 0.2) is 23.0 Å². The lowest BCUT2D eigenvalue weighted by atomic mass is 9.79. The van der Waals surface area contributed by atoms with E-state index in [1.54, 1.807) is 7.11 Å². The van der Waals surface area contributed by atoms with Crippen molar-refractivity contribution >= 4 is 43.0 Å². The molecule has 0 aliphatic carbocycles. The van der Waals surface area contributed by atoms with Crippen LogP contribution in [0.25, 0.3) is 11.1 Å². The van der Waals surface area contributed by atoms with Crippen LogP contribution in [-0.2, 0) is 32.5 Å². The predicted molar refractivity (Wildman–Crippen MR) is 289 cm³/mol. The van der Waals surface area contributed by atoms with E-state index in [4.69, 9.17) is 33.2 Å². The molecule has 7 nitrogen and oxygen atoms in total. The Balaban J connectivity index is 1.66. The van der Waals surface area contributed by atoms with Gasteiger partial charge in [0.2, 0.25) is 13.6 Å². The number of rotatable bonds is 9. The highest BCUT2D eigenvalue weighted by Crippen LogP contribution is 2.54. The number of hydrogen-bond donors (Lipinski definition) is 0. The Labute approximate surface area is 411 Å². The van der Waals surface area contributed by atoms with Crippen molar-refractivity contribution in [3.05, 3.63) is 94.0 Å². The van der Waals surface area contributed by atoms with Gasteiger partial charge in [0.25, 0.3) is 0 Å². The van der Waals surface area contributed by atoms with E-state index in [2.05, 4.69) is 185 Å². The zero-order chi connectivity index (χ0) is 50.3. The summed E-state index contributed by atoms with van der Waals surface area (Å²) in [4.78, 5) is 0. The van der Waals surface area contributed by atoms with Gasteiger partial charge in [-0.05, 0) is 128 Å². The topological polar surface area (TPSA) is 64.6 Å². The first-order valence-electron chi connectivity index (χ1n) is 24.0. The smallest absolute Gasteiger partial charge is 0.231 e. The van der Waals surface area contributed by atoms with Crippen LogP contribution in [0, 0.1) is 0 Å². The van der Waals surface area contributed by atoms with Crippen molar-refractivity contribution in [2.24, 2.45) is 0 Å². The maximum atomic E-state index is 6.69. The molecule has 7 rings (SSSR count). The van der Waals surface area contributed by atoms with Crippen LogP contribution < -0.4 is 59.7 Å². The second kappa shape index (κ2) is 18.1. The van der Waals surface area contributed by atoms with Gasteiger partial charge in [-0.25, -0.2) is 0 Å². The molecule has 1 atom stereocenters. The van der Waals surface area contributed by atoms with Crippen LogP contribution in [-0.4, -0.2) is 34.9 Å². The molecule has 0 amide bonds. The highest BCUT2D eigenvalue weighted by Gasteiger charge is 2.38. The molecule has 9 heteroatoms. The number of ether oxygens (including phenoxy) is 7. The van der Waals surface area contributed by atoms with Crippen LogP contribution >= 0.6 is 16.5 Å². The minimum Gasteiger partial charge on any atom is -0.496 e. The minimum atomic E-state index is -1.37. The van der Waals surface area contributed by atoms with E-state index in [1.807, 2.05) is 14.2 Å². The number of benzene rings is 5. The number of methoxy groups -OCH3 is 3. The van der Waals surface area contributed by atoms with Gasteiger partial charge in [-0.2, -0.15) is 0 Å². The first-order chi connectivity index (χ1) is 31.4. The highest BCUT2D eigenvalue weighted by atomic mass is 31.1. The largest absolute Gasteiger partial charge is 0.496 e. The molecular weight excluding hydrogens is 883 g/mol. The summed E-state index contributed by atoms with van der Waals surface area (Å²) >= 11 is 0. The lowest BCUT2D eigenvalue weighted by molar-refractivity contribution is 0.173. The molecule has 0 fully saturated rings. The van der Waals surface area contributed by atoms with Gasteiger partial charge in [-0.15, -0.1) is 0 Å². The molecule has 0 aromatic heterocycles. The second-order valence-electron chi connectivity index (χ2n) is 24.6. The lowest BCUT2D eigenvalue weighted by Crippen LogP contribution is -2.30. The predicted octanol–water partition coefficient (Wildman–Crippen LogP) is 13.0. The molecular formula is C59H78O7P2. The summed E-state index contributed by atoms with van der Waals surface area (Å²) in [6.45, 7) is 41.2. The summed E-state index contributed by atoms with van der Waals surface area (Å²) in [5.41, 5.74) is 7.72. The average Bonchev–Trinajstić information content (AvgIpc) is 3.91. The summed E-state index contributed by atoms with van der Waals surface area (Å²) in [6.07, 6.45) is 0. The van der Waals surface area contributed by atoms with E-state index in [9.17, 15) is 0 Å². The van der Waals surface area contributed by atoms with Crippen molar-refractivity contribution in [2.45, 2.75) is 157 Å². The minimum absolute atomic E-state index is 0.117. The van der Waals surface area contributed by atoms with E-state index < -0.39 is 7.92 Å². The normalized spacial score (nSPS) is 14.4. The van der Waals surface area contributed by atoms with Gasteiger partial charge >= 0.3 is 0 Å². The van der Waals surface area contributed by atoms with Gasteiger partial charge in [0, 0.05) is 44.5 Å². The Bertz CT molecular complexity index is 2540. The fourth-order valence-corrected chi connectivity index (χ4v) is 13.3. The molecule has 2 aliphatic rings. The zero-order valence-electron chi connectivity index (χ0n) is 45.0. The molecule has 0 bridgehead atoms. The standard InChI is InChI=1S/C59H78O7P2/c1-54(2,3)37-26-34(27-38(49(37)60-19)55(4,5)6)67-45-24-22-43-52(65-32-63-43)47(45)48-46(25-23-44-53(48)66-33-64-44)68(35-28-39(56(7,8)9)50(61-20)40(29-35)57(10,11)12)36-30-41(58(13,14)15)51(62-21)42(31-36)59(16,17)18/h22-31,67H,32-33H2,1-21H3. The van der Waals surface area contributed by atoms with Gasteiger partial charge in [0.05, 0.1) is 21.3 Å². The summed E-state index contributed by atoms with van der Waals surface area (Å²) in [7, 11) is 4.31. The molecule has 5 aromatic rings. The van der Waals surface area contributed by atoms with E-state index in [0.29, 0.717) is 17.2 Å². The van der Waals surface area contributed by atoms with Crippen molar-refractivity contribution in [1.29, 1.82) is 0 Å².